The van der Waals surface area contributed by atoms with Crippen LogP contribution in [0.1, 0.15) is 37.4 Å². The highest BCUT2D eigenvalue weighted by atomic mass is 32.2. The first kappa shape index (κ1) is 26.7. The number of ketones is 1. The molecule has 0 unspecified atom stereocenters. The minimum atomic E-state index is -4.21. The maximum Gasteiger partial charge on any atom is 0.267 e. The Hall–Kier alpha value is -2.90. The van der Waals surface area contributed by atoms with Gasteiger partial charge >= 0.3 is 0 Å². The fraction of sp³-hybridized carbons (Fsp3) is 0.231. The monoisotopic (exact) mass is 514 g/mol. The lowest BCUT2D eigenvalue weighted by molar-refractivity contribution is 0.0782. The molecule has 184 valence electrons. The maximum absolute atomic E-state index is 14.6. The van der Waals surface area contributed by atoms with Gasteiger partial charge < -0.3 is 9.30 Å². The van der Waals surface area contributed by atoms with Crippen LogP contribution in [0.3, 0.4) is 0 Å². The Morgan fingerprint density at radius 1 is 0.857 bits per heavy atom. The fourth-order valence-electron chi connectivity index (χ4n) is 4.16. The molecule has 35 heavy (non-hydrogen) atoms. The van der Waals surface area contributed by atoms with Gasteiger partial charge in [0.2, 0.25) is 12.7 Å². The van der Waals surface area contributed by atoms with E-state index in [0.29, 0.717) is 27.3 Å². The molecule has 0 fully saturated rings. The van der Waals surface area contributed by atoms with Gasteiger partial charge in [0.25, 0.3) is 10.1 Å². The van der Waals surface area contributed by atoms with E-state index < -0.39 is 40.9 Å². The van der Waals surface area contributed by atoms with E-state index in [1.54, 1.807) is 87.5 Å². The van der Waals surface area contributed by atoms with Crippen LogP contribution in [0.4, 0.5) is 0 Å². The van der Waals surface area contributed by atoms with E-state index in [0.717, 1.165) is 0 Å². The number of hydrogen-bond acceptors (Lipinski definition) is 6. The zero-order chi connectivity index (χ0) is 25.8. The lowest BCUT2D eigenvalue weighted by Gasteiger charge is -2.22. The van der Waals surface area contributed by atoms with Gasteiger partial charge in [0, 0.05) is 21.7 Å². The summed E-state index contributed by atoms with van der Waals surface area (Å²) in [5, 5.41) is 0.800. The minimum absolute atomic E-state index is 0.216. The Morgan fingerprint density at radius 2 is 1.34 bits per heavy atom. The highest BCUT2D eigenvalue weighted by molar-refractivity contribution is 7.93. The predicted octanol–water partition coefficient (Wildman–Crippen LogP) is 3.85. The summed E-state index contributed by atoms with van der Waals surface area (Å²) in [6.07, 6.45) is 0. The van der Waals surface area contributed by atoms with Crippen LogP contribution in [0.5, 0.6) is 0 Å². The molecule has 3 aromatic rings. The number of aryl methyl sites for hydroxylation is 2. The van der Waals surface area contributed by atoms with Crippen molar-refractivity contribution in [2.75, 3.05) is 19.0 Å². The maximum atomic E-state index is 14.6. The van der Waals surface area contributed by atoms with Gasteiger partial charge in [-0.25, -0.2) is 0 Å². The van der Waals surface area contributed by atoms with Gasteiger partial charge in [-0.15, -0.1) is 0 Å². The Morgan fingerprint density at radius 3 is 1.83 bits per heavy atom. The van der Waals surface area contributed by atoms with Gasteiger partial charge in [-0.1, -0.05) is 66.7 Å². The van der Waals surface area contributed by atoms with Gasteiger partial charge in [0.1, 0.15) is 6.61 Å². The summed E-state index contributed by atoms with van der Waals surface area (Å²) in [7, 11) is -7.98. The van der Waals surface area contributed by atoms with Crippen LogP contribution in [-0.2, 0) is 19.4 Å². The van der Waals surface area contributed by atoms with Crippen molar-refractivity contribution in [3.63, 3.8) is 0 Å². The highest BCUT2D eigenvalue weighted by Crippen LogP contribution is 2.48. The predicted molar refractivity (Wildman–Crippen MR) is 136 cm³/mol. The average molecular weight is 515 g/mol. The second-order valence-corrected chi connectivity index (χ2v) is 12.5. The summed E-state index contributed by atoms with van der Waals surface area (Å²) in [6, 6.07) is 18.8. The Bertz CT molecular complexity index is 1360. The van der Waals surface area contributed by atoms with Crippen molar-refractivity contribution in [1.82, 2.24) is 0 Å². The molecule has 7 nitrogen and oxygen atoms in total. The molecule has 3 aromatic carbocycles. The van der Waals surface area contributed by atoms with Crippen LogP contribution in [0.2, 0.25) is 0 Å². The molecule has 9 heteroatoms. The Balaban J connectivity index is 2.07. The zero-order valence-electron chi connectivity index (χ0n) is 19.7. The highest BCUT2D eigenvalue weighted by Gasteiger charge is 2.38. The topological polar surface area (TPSA) is 115 Å². The van der Waals surface area contributed by atoms with E-state index in [-0.39, 0.29) is 17.7 Å². The first-order valence-electron chi connectivity index (χ1n) is 10.9. The number of ether oxygens (including phenoxy) is 1. The molecule has 0 spiro atoms. The largest absolute Gasteiger partial charge is 0.372 e. The first-order chi connectivity index (χ1) is 16.5. The van der Waals surface area contributed by atoms with Crippen molar-refractivity contribution in [2.45, 2.75) is 20.8 Å². The van der Waals surface area contributed by atoms with Crippen LogP contribution in [-0.4, -0.2) is 43.2 Å². The molecule has 0 heterocycles. The van der Waals surface area contributed by atoms with Gasteiger partial charge in [0.15, 0.2) is 5.78 Å². The number of rotatable bonds is 10. The van der Waals surface area contributed by atoms with Gasteiger partial charge in [-0.2, -0.15) is 8.42 Å². The molecule has 3 rings (SSSR count). The number of carbonyl (C=O) groups excluding carboxylic acids is 2. The van der Waals surface area contributed by atoms with Gasteiger partial charge in [-0.3, -0.25) is 14.1 Å². The van der Waals surface area contributed by atoms with Crippen LogP contribution >= 0.6 is 7.14 Å². The molecule has 0 aromatic heterocycles. The second-order valence-electron chi connectivity index (χ2n) is 8.23. The summed E-state index contributed by atoms with van der Waals surface area (Å²) < 4.78 is 50.3. The molecular weight excluding hydrogens is 487 g/mol. The molecule has 0 saturated heterocycles. The third kappa shape index (κ3) is 5.85. The van der Waals surface area contributed by atoms with Crippen LogP contribution in [0.15, 0.2) is 66.7 Å². The zero-order valence-corrected chi connectivity index (χ0v) is 21.4. The number of hydrogen-bond donors (Lipinski definition) is 1. The third-order valence-corrected chi connectivity index (χ3v) is 9.24. The summed E-state index contributed by atoms with van der Waals surface area (Å²) >= 11 is 0. The Labute approximate surface area is 205 Å². The summed E-state index contributed by atoms with van der Waals surface area (Å²) in [5.41, 5.74) is 1.52. The van der Waals surface area contributed by atoms with E-state index in [9.17, 15) is 22.6 Å². The van der Waals surface area contributed by atoms with Crippen molar-refractivity contribution in [3.8, 4) is 0 Å². The van der Waals surface area contributed by atoms with Crippen molar-refractivity contribution in [3.05, 3.63) is 94.5 Å². The van der Waals surface area contributed by atoms with E-state index in [1.807, 2.05) is 0 Å². The van der Waals surface area contributed by atoms with Crippen molar-refractivity contribution in [1.29, 1.82) is 0 Å². The molecule has 0 aliphatic carbocycles. The molecule has 0 aliphatic heterocycles. The summed E-state index contributed by atoms with van der Waals surface area (Å²) in [4.78, 5) is 27.0. The third-order valence-electron chi connectivity index (χ3n) is 5.71. The Kier molecular flexibility index (Phi) is 8.23. The fourth-order valence-corrected chi connectivity index (χ4v) is 7.10. The molecule has 1 N–H and O–H groups in total. The minimum Gasteiger partial charge on any atom is -0.372 e. The lowest BCUT2D eigenvalue weighted by atomic mass is 9.92. The SMILES string of the molecule is Cc1cc(C)c(C(=O)P(=O)(c2ccccc2)c2ccccc2)c(C)c1C(=O)COCCS(=O)(=O)O. The van der Waals surface area contributed by atoms with Gasteiger partial charge in [-0.05, 0) is 37.5 Å². The molecule has 0 amide bonds. The smallest absolute Gasteiger partial charge is 0.267 e. The summed E-state index contributed by atoms with van der Waals surface area (Å²) in [5.74, 6) is -1.08. The van der Waals surface area contributed by atoms with Crippen LogP contribution in [0, 0.1) is 20.8 Å². The molecule has 0 saturated carbocycles. The van der Waals surface area contributed by atoms with Crippen molar-refractivity contribution in [2.24, 2.45) is 0 Å². The lowest BCUT2D eigenvalue weighted by Crippen LogP contribution is -2.25. The summed E-state index contributed by atoms with van der Waals surface area (Å²) in [6.45, 7) is 4.33. The molecule has 0 aliphatic rings. The van der Waals surface area contributed by atoms with Crippen molar-refractivity contribution >= 4 is 39.2 Å². The normalized spacial score (nSPS) is 11.9. The molecule has 0 radical (unpaired) electrons. The number of benzene rings is 3. The van der Waals surface area contributed by atoms with Crippen LogP contribution < -0.4 is 10.6 Å². The average Bonchev–Trinajstić information content (AvgIpc) is 2.81. The number of Topliss-reactive ketones (excluding diaryl/α,β-unsaturated/α-hetero) is 1. The quantitative estimate of drug-likeness (QED) is 0.189. The van der Waals surface area contributed by atoms with E-state index in [4.69, 9.17) is 9.29 Å². The van der Waals surface area contributed by atoms with Gasteiger partial charge in [0.05, 0.1) is 12.4 Å². The first-order valence-corrected chi connectivity index (χ1v) is 14.2. The van der Waals surface area contributed by atoms with Crippen LogP contribution in [0.25, 0.3) is 0 Å². The van der Waals surface area contributed by atoms with Crippen molar-refractivity contribution < 1.29 is 31.9 Å². The van der Waals surface area contributed by atoms with E-state index >= 15 is 0 Å². The standard InChI is InChI=1S/C26H27O7PS/c1-18-16-19(2)25(20(3)24(18)23(27)17-33-14-15-35(30,31)32)26(28)34(29,21-10-6-4-7-11-21)22-12-8-5-9-13-22/h4-13,16H,14-15,17H2,1-3H3,(H,30,31,32). The van der Waals surface area contributed by atoms with E-state index in [2.05, 4.69) is 0 Å². The molecule has 0 bridgehead atoms. The molecular formula is C26H27O7PS. The number of carbonyl (C=O) groups is 2. The van der Waals surface area contributed by atoms with E-state index in [1.165, 1.54) is 0 Å². The molecule has 0 atom stereocenters. The second kappa shape index (κ2) is 10.8.